The van der Waals surface area contributed by atoms with Crippen LogP contribution < -0.4 is 5.32 Å². The molecule has 2 unspecified atom stereocenters. The number of likely N-dealkylation sites (N-methyl/N-ethyl adjacent to an activating group) is 1. The standard InChI is InChI=1S/C15H26N2O/c1-12(16-13(2)11-17(3)4)5-6-14-7-9-15(18)10-8-14/h7-10,12-13,16,18H,5-6,11H2,1-4H3. The minimum absolute atomic E-state index is 0.338. The summed E-state index contributed by atoms with van der Waals surface area (Å²) >= 11 is 0. The van der Waals surface area contributed by atoms with E-state index >= 15 is 0 Å². The van der Waals surface area contributed by atoms with Crippen LogP contribution in [0, 0.1) is 0 Å². The van der Waals surface area contributed by atoms with Crippen molar-refractivity contribution < 1.29 is 5.11 Å². The van der Waals surface area contributed by atoms with E-state index in [0.29, 0.717) is 17.8 Å². The van der Waals surface area contributed by atoms with Gasteiger partial charge in [-0.1, -0.05) is 12.1 Å². The highest BCUT2D eigenvalue weighted by Gasteiger charge is 2.08. The normalized spacial score (nSPS) is 14.7. The molecule has 2 atom stereocenters. The third-order valence-corrected chi connectivity index (χ3v) is 3.01. The number of aromatic hydroxyl groups is 1. The predicted octanol–water partition coefficient (Wildman–Crippen LogP) is 2.25. The quantitative estimate of drug-likeness (QED) is 0.779. The van der Waals surface area contributed by atoms with Gasteiger partial charge in [-0.05, 0) is 58.5 Å². The van der Waals surface area contributed by atoms with E-state index in [1.54, 1.807) is 12.1 Å². The molecule has 0 aliphatic carbocycles. The molecule has 1 rings (SSSR count). The van der Waals surface area contributed by atoms with E-state index in [9.17, 15) is 5.11 Å². The van der Waals surface area contributed by atoms with Crippen molar-refractivity contribution in [1.29, 1.82) is 0 Å². The van der Waals surface area contributed by atoms with Crippen molar-refractivity contribution in [2.24, 2.45) is 0 Å². The summed E-state index contributed by atoms with van der Waals surface area (Å²) in [4.78, 5) is 2.20. The van der Waals surface area contributed by atoms with Crippen molar-refractivity contribution in [3.05, 3.63) is 29.8 Å². The van der Waals surface area contributed by atoms with Gasteiger partial charge < -0.3 is 15.3 Å². The van der Waals surface area contributed by atoms with Crippen molar-refractivity contribution >= 4 is 0 Å². The Kier molecular flexibility index (Phi) is 6.16. The smallest absolute Gasteiger partial charge is 0.115 e. The Hall–Kier alpha value is -1.06. The summed E-state index contributed by atoms with van der Waals surface area (Å²) in [6, 6.07) is 8.50. The number of phenols is 1. The second-order valence-corrected chi connectivity index (χ2v) is 5.44. The fourth-order valence-electron chi connectivity index (χ4n) is 2.22. The molecular formula is C15H26N2O. The zero-order chi connectivity index (χ0) is 13.5. The molecule has 0 radical (unpaired) electrons. The molecule has 0 saturated carbocycles. The highest BCUT2D eigenvalue weighted by Crippen LogP contribution is 2.12. The van der Waals surface area contributed by atoms with Crippen LogP contribution in [-0.4, -0.2) is 42.7 Å². The first-order valence-electron chi connectivity index (χ1n) is 6.66. The summed E-state index contributed by atoms with van der Waals surface area (Å²) in [5, 5.41) is 12.8. The SMILES string of the molecule is CC(CCc1ccc(O)cc1)NC(C)CN(C)C. The molecule has 3 nitrogen and oxygen atoms in total. The summed E-state index contributed by atoms with van der Waals surface area (Å²) < 4.78 is 0. The van der Waals surface area contributed by atoms with Gasteiger partial charge >= 0.3 is 0 Å². The lowest BCUT2D eigenvalue weighted by Crippen LogP contribution is -2.40. The van der Waals surface area contributed by atoms with Crippen LogP contribution in [0.2, 0.25) is 0 Å². The van der Waals surface area contributed by atoms with Crippen LogP contribution in [0.4, 0.5) is 0 Å². The number of aryl methyl sites for hydroxylation is 1. The van der Waals surface area contributed by atoms with E-state index in [0.717, 1.165) is 19.4 Å². The zero-order valence-corrected chi connectivity index (χ0v) is 12.0. The van der Waals surface area contributed by atoms with Gasteiger partial charge in [-0.3, -0.25) is 0 Å². The Bertz CT molecular complexity index is 335. The van der Waals surface area contributed by atoms with Crippen molar-refractivity contribution in [3.63, 3.8) is 0 Å². The molecule has 1 aromatic rings. The Morgan fingerprint density at radius 2 is 1.72 bits per heavy atom. The van der Waals surface area contributed by atoms with E-state index in [1.807, 2.05) is 12.1 Å². The van der Waals surface area contributed by atoms with Crippen LogP contribution >= 0.6 is 0 Å². The van der Waals surface area contributed by atoms with Gasteiger partial charge in [0.2, 0.25) is 0 Å². The number of nitrogens with one attached hydrogen (secondary N) is 1. The first-order chi connectivity index (χ1) is 8.47. The first kappa shape index (κ1) is 15.0. The summed E-state index contributed by atoms with van der Waals surface area (Å²) in [6.45, 7) is 5.51. The van der Waals surface area contributed by atoms with Gasteiger partial charge in [0.1, 0.15) is 5.75 Å². The lowest BCUT2D eigenvalue weighted by atomic mass is 10.1. The number of hydrogen-bond donors (Lipinski definition) is 2. The molecule has 18 heavy (non-hydrogen) atoms. The molecule has 0 aromatic heterocycles. The maximum absolute atomic E-state index is 9.22. The van der Waals surface area contributed by atoms with Gasteiger partial charge in [-0.15, -0.1) is 0 Å². The summed E-state index contributed by atoms with van der Waals surface area (Å²) in [6.07, 6.45) is 2.16. The van der Waals surface area contributed by atoms with Crippen LogP contribution in [-0.2, 0) is 6.42 Å². The number of nitrogens with zero attached hydrogens (tertiary/aromatic N) is 1. The molecule has 0 spiro atoms. The molecule has 2 N–H and O–H groups in total. The van der Waals surface area contributed by atoms with Gasteiger partial charge in [0.05, 0.1) is 0 Å². The van der Waals surface area contributed by atoms with Gasteiger partial charge in [0.15, 0.2) is 0 Å². The topological polar surface area (TPSA) is 35.5 Å². The molecule has 0 amide bonds. The molecule has 0 heterocycles. The maximum atomic E-state index is 9.22. The average Bonchev–Trinajstić information content (AvgIpc) is 2.27. The number of hydrogen-bond acceptors (Lipinski definition) is 3. The van der Waals surface area contributed by atoms with Crippen molar-refractivity contribution in [2.75, 3.05) is 20.6 Å². The van der Waals surface area contributed by atoms with E-state index in [-0.39, 0.29) is 0 Å². The second-order valence-electron chi connectivity index (χ2n) is 5.44. The van der Waals surface area contributed by atoms with Crippen LogP contribution in [0.1, 0.15) is 25.8 Å². The molecule has 0 aliphatic heterocycles. The van der Waals surface area contributed by atoms with E-state index in [4.69, 9.17) is 0 Å². The monoisotopic (exact) mass is 250 g/mol. The molecule has 0 bridgehead atoms. The largest absolute Gasteiger partial charge is 0.508 e. The zero-order valence-electron chi connectivity index (χ0n) is 12.0. The molecule has 102 valence electrons. The summed E-state index contributed by atoms with van der Waals surface area (Å²) in [5.41, 5.74) is 1.28. The molecular weight excluding hydrogens is 224 g/mol. The third kappa shape index (κ3) is 6.03. The van der Waals surface area contributed by atoms with E-state index in [1.165, 1.54) is 5.56 Å². The fourth-order valence-corrected chi connectivity index (χ4v) is 2.22. The van der Waals surface area contributed by atoms with Crippen molar-refractivity contribution in [2.45, 2.75) is 38.8 Å². The summed E-state index contributed by atoms with van der Waals surface area (Å²) in [5.74, 6) is 0.338. The molecule has 3 heteroatoms. The Labute approximate surface area is 111 Å². The molecule has 0 fully saturated rings. The first-order valence-corrected chi connectivity index (χ1v) is 6.66. The van der Waals surface area contributed by atoms with Crippen molar-refractivity contribution in [1.82, 2.24) is 10.2 Å². The van der Waals surface area contributed by atoms with Gasteiger partial charge in [0.25, 0.3) is 0 Å². The number of benzene rings is 1. The predicted molar refractivity (Wildman–Crippen MR) is 77.0 cm³/mol. The minimum Gasteiger partial charge on any atom is -0.508 e. The van der Waals surface area contributed by atoms with Gasteiger partial charge in [0, 0.05) is 18.6 Å². The lowest BCUT2D eigenvalue weighted by Gasteiger charge is -2.22. The Morgan fingerprint density at radius 3 is 2.28 bits per heavy atom. The van der Waals surface area contributed by atoms with Gasteiger partial charge in [-0.2, -0.15) is 0 Å². The van der Waals surface area contributed by atoms with Crippen LogP contribution in [0.5, 0.6) is 5.75 Å². The van der Waals surface area contributed by atoms with Crippen LogP contribution in [0.3, 0.4) is 0 Å². The molecule has 1 aromatic carbocycles. The minimum atomic E-state index is 0.338. The average molecular weight is 250 g/mol. The van der Waals surface area contributed by atoms with E-state index in [2.05, 4.69) is 38.2 Å². The van der Waals surface area contributed by atoms with Gasteiger partial charge in [-0.25, -0.2) is 0 Å². The Balaban J connectivity index is 2.28. The maximum Gasteiger partial charge on any atom is 0.115 e. The molecule has 0 aliphatic rings. The van der Waals surface area contributed by atoms with Crippen LogP contribution in [0.25, 0.3) is 0 Å². The van der Waals surface area contributed by atoms with Crippen molar-refractivity contribution in [3.8, 4) is 5.75 Å². The fraction of sp³-hybridized carbons (Fsp3) is 0.600. The number of rotatable bonds is 7. The summed E-state index contributed by atoms with van der Waals surface area (Å²) in [7, 11) is 4.19. The lowest BCUT2D eigenvalue weighted by molar-refractivity contribution is 0.328. The number of phenolic OH excluding ortho intramolecular Hbond substituents is 1. The highest BCUT2D eigenvalue weighted by molar-refractivity contribution is 5.25. The Morgan fingerprint density at radius 1 is 1.11 bits per heavy atom. The molecule has 0 saturated heterocycles. The second kappa shape index (κ2) is 7.39. The van der Waals surface area contributed by atoms with E-state index < -0.39 is 0 Å². The third-order valence-electron chi connectivity index (χ3n) is 3.01. The highest BCUT2D eigenvalue weighted by atomic mass is 16.3. The van der Waals surface area contributed by atoms with Crippen LogP contribution in [0.15, 0.2) is 24.3 Å².